The Bertz CT molecular complexity index is 1160. The number of esters is 1. The van der Waals surface area contributed by atoms with Crippen LogP contribution in [-0.2, 0) is 16.6 Å². The number of hydrogen-bond acceptors (Lipinski definition) is 4. The van der Waals surface area contributed by atoms with E-state index in [0.29, 0.717) is 16.9 Å². The van der Waals surface area contributed by atoms with Crippen LogP contribution in [-0.4, -0.2) is 27.3 Å². The molecule has 1 atom stereocenters. The highest BCUT2D eigenvalue weighted by Gasteiger charge is 2.24. The van der Waals surface area contributed by atoms with Crippen LogP contribution in [0.3, 0.4) is 0 Å². The van der Waals surface area contributed by atoms with Crippen molar-refractivity contribution in [2.45, 2.75) is 33.8 Å². The number of para-hydroxylation sites is 1. The van der Waals surface area contributed by atoms with Crippen LogP contribution < -0.4 is 10.9 Å². The topological polar surface area (TPSA) is 82.3 Å². The first-order valence-electron chi connectivity index (χ1n) is 9.64. The number of anilines is 1. The summed E-state index contributed by atoms with van der Waals surface area (Å²) < 4.78 is 8.48. The van der Waals surface area contributed by atoms with Crippen molar-refractivity contribution in [2.24, 2.45) is 7.05 Å². The van der Waals surface area contributed by atoms with Gasteiger partial charge in [0.2, 0.25) is 0 Å². The highest BCUT2D eigenvalue weighted by molar-refractivity contribution is 5.98. The molecule has 3 rings (SSSR count). The third kappa shape index (κ3) is 3.91. The summed E-state index contributed by atoms with van der Waals surface area (Å²) in [5.74, 6) is -1.15. The van der Waals surface area contributed by atoms with Gasteiger partial charge in [-0.3, -0.25) is 14.3 Å². The number of aromatic nitrogens is 2. The number of nitrogens with one attached hydrogen (secondary N) is 1. The number of carbonyl (C=O) groups excluding carboxylic acids is 2. The molecule has 0 spiro atoms. The Morgan fingerprint density at radius 3 is 2.33 bits per heavy atom. The molecule has 0 aliphatic heterocycles. The Morgan fingerprint density at radius 2 is 1.67 bits per heavy atom. The first-order chi connectivity index (χ1) is 14.2. The van der Waals surface area contributed by atoms with Crippen LogP contribution in [0.4, 0.5) is 5.69 Å². The molecule has 0 saturated carbocycles. The van der Waals surface area contributed by atoms with Crippen LogP contribution in [0.1, 0.15) is 34.1 Å². The standard InChI is InChI=1S/C23H25N3O4/c1-14-10-9-13-19(15(14)2)23(29)30-17(4)21(27)24-20-16(3)25(5)26(22(20)28)18-11-7-6-8-12-18/h6-13,17H,1-5H3,(H,24,27)/t17-/m1/s1. The van der Waals surface area contributed by atoms with Crippen molar-refractivity contribution in [3.63, 3.8) is 0 Å². The number of carbonyl (C=O) groups is 2. The van der Waals surface area contributed by atoms with Crippen LogP contribution in [0, 0.1) is 20.8 Å². The quantitative estimate of drug-likeness (QED) is 0.658. The van der Waals surface area contributed by atoms with E-state index in [1.165, 1.54) is 11.6 Å². The summed E-state index contributed by atoms with van der Waals surface area (Å²) in [6.45, 7) is 6.95. The summed E-state index contributed by atoms with van der Waals surface area (Å²) in [4.78, 5) is 38.1. The number of aryl methyl sites for hydroxylation is 1. The summed E-state index contributed by atoms with van der Waals surface area (Å²) in [7, 11) is 1.74. The van der Waals surface area contributed by atoms with Crippen molar-refractivity contribution in [2.75, 3.05) is 5.32 Å². The third-order valence-corrected chi connectivity index (χ3v) is 5.28. The number of benzene rings is 2. The van der Waals surface area contributed by atoms with Crippen LogP contribution in [0.15, 0.2) is 53.3 Å². The van der Waals surface area contributed by atoms with Crippen LogP contribution in [0.5, 0.6) is 0 Å². The predicted octanol–water partition coefficient (Wildman–Crippen LogP) is 3.29. The highest BCUT2D eigenvalue weighted by atomic mass is 16.5. The number of hydrogen-bond donors (Lipinski definition) is 1. The number of nitrogens with zero attached hydrogens (tertiary/aromatic N) is 2. The van der Waals surface area contributed by atoms with Crippen molar-refractivity contribution >= 4 is 17.6 Å². The van der Waals surface area contributed by atoms with Gasteiger partial charge in [0.15, 0.2) is 6.10 Å². The molecular formula is C23H25N3O4. The fourth-order valence-corrected chi connectivity index (χ4v) is 3.19. The Balaban J connectivity index is 1.80. The molecule has 0 radical (unpaired) electrons. The second-order valence-electron chi connectivity index (χ2n) is 7.22. The maximum Gasteiger partial charge on any atom is 0.339 e. The van der Waals surface area contributed by atoms with Gasteiger partial charge < -0.3 is 10.1 Å². The number of amides is 1. The maximum absolute atomic E-state index is 12.9. The van der Waals surface area contributed by atoms with Crippen molar-refractivity contribution in [1.82, 2.24) is 9.36 Å². The van der Waals surface area contributed by atoms with E-state index in [0.717, 1.165) is 11.1 Å². The molecule has 1 heterocycles. The lowest BCUT2D eigenvalue weighted by Crippen LogP contribution is -2.32. The van der Waals surface area contributed by atoms with Crippen molar-refractivity contribution in [1.29, 1.82) is 0 Å². The third-order valence-electron chi connectivity index (χ3n) is 5.28. The Kier molecular flexibility index (Phi) is 5.91. The van der Waals surface area contributed by atoms with E-state index in [4.69, 9.17) is 4.74 Å². The molecule has 0 fully saturated rings. The normalized spacial score (nSPS) is 11.8. The average Bonchev–Trinajstić information content (AvgIpc) is 2.93. The maximum atomic E-state index is 12.9. The molecule has 7 heteroatoms. The van der Waals surface area contributed by atoms with E-state index in [-0.39, 0.29) is 11.2 Å². The van der Waals surface area contributed by atoms with Gasteiger partial charge in [0, 0.05) is 7.05 Å². The highest BCUT2D eigenvalue weighted by Crippen LogP contribution is 2.17. The second-order valence-corrected chi connectivity index (χ2v) is 7.22. The lowest BCUT2D eigenvalue weighted by molar-refractivity contribution is -0.123. The van der Waals surface area contributed by atoms with Gasteiger partial charge in [-0.05, 0) is 57.0 Å². The molecule has 0 aliphatic rings. The summed E-state index contributed by atoms with van der Waals surface area (Å²) >= 11 is 0. The number of ether oxygens (including phenoxy) is 1. The summed E-state index contributed by atoms with van der Waals surface area (Å²) in [6.07, 6.45) is -1.07. The van der Waals surface area contributed by atoms with E-state index in [2.05, 4.69) is 5.32 Å². The van der Waals surface area contributed by atoms with Gasteiger partial charge in [0.1, 0.15) is 5.69 Å². The number of rotatable bonds is 5. The minimum atomic E-state index is -1.07. The molecule has 2 aromatic carbocycles. The Hall–Kier alpha value is -3.61. The van der Waals surface area contributed by atoms with E-state index in [1.807, 2.05) is 38.1 Å². The van der Waals surface area contributed by atoms with Crippen LogP contribution in [0.2, 0.25) is 0 Å². The van der Waals surface area contributed by atoms with Gasteiger partial charge >= 0.3 is 5.97 Å². The van der Waals surface area contributed by atoms with E-state index in [1.54, 1.807) is 42.9 Å². The SMILES string of the molecule is Cc1cccc(C(=O)O[C@H](C)C(=O)Nc2c(C)n(C)n(-c3ccccc3)c2=O)c1C. The van der Waals surface area contributed by atoms with Crippen molar-refractivity contribution < 1.29 is 14.3 Å². The fraction of sp³-hybridized carbons (Fsp3) is 0.261. The Morgan fingerprint density at radius 1 is 1.00 bits per heavy atom. The molecule has 3 aromatic rings. The predicted molar refractivity (Wildman–Crippen MR) is 115 cm³/mol. The van der Waals surface area contributed by atoms with Gasteiger partial charge in [-0.2, -0.15) is 0 Å². The lowest BCUT2D eigenvalue weighted by Gasteiger charge is -2.14. The molecule has 1 aromatic heterocycles. The van der Waals surface area contributed by atoms with Gasteiger partial charge in [-0.15, -0.1) is 0 Å². The zero-order valence-corrected chi connectivity index (χ0v) is 17.7. The molecule has 0 saturated heterocycles. The fourth-order valence-electron chi connectivity index (χ4n) is 3.19. The van der Waals surface area contributed by atoms with E-state index >= 15 is 0 Å². The monoisotopic (exact) mass is 407 g/mol. The molecular weight excluding hydrogens is 382 g/mol. The van der Waals surface area contributed by atoms with Gasteiger partial charge in [0.25, 0.3) is 11.5 Å². The average molecular weight is 407 g/mol. The van der Waals surface area contributed by atoms with Crippen LogP contribution >= 0.6 is 0 Å². The van der Waals surface area contributed by atoms with Crippen molar-refractivity contribution in [3.05, 3.63) is 81.3 Å². The molecule has 1 N–H and O–H groups in total. The van der Waals surface area contributed by atoms with Crippen LogP contribution in [0.25, 0.3) is 5.69 Å². The zero-order chi connectivity index (χ0) is 22.0. The Labute approximate surface area is 174 Å². The van der Waals surface area contributed by atoms with E-state index in [9.17, 15) is 14.4 Å². The second kappa shape index (κ2) is 8.41. The molecule has 156 valence electrons. The largest absolute Gasteiger partial charge is 0.449 e. The summed E-state index contributed by atoms with van der Waals surface area (Å²) in [5, 5.41) is 2.62. The first kappa shape index (κ1) is 21.1. The molecule has 0 aliphatic carbocycles. The molecule has 1 amide bonds. The van der Waals surface area contributed by atoms with Gasteiger partial charge in [-0.25, -0.2) is 9.48 Å². The zero-order valence-electron chi connectivity index (χ0n) is 17.7. The van der Waals surface area contributed by atoms with Gasteiger partial charge in [0.05, 0.1) is 16.9 Å². The lowest BCUT2D eigenvalue weighted by atomic mass is 10.0. The molecule has 0 bridgehead atoms. The molecule has 30 heavy (non-hydrogen) atoms. The minimum Gasteiger partial charge on any atom is -0.449 e. The summed E-state index contributed by atoms with van der Waals surface area (Å²) in [6, 6.07) is 14.5. The molecule has 7 nitrogen and oxygen atoms in total. The smallest absolute Gasteiger partial charge is 0.339 e. The first-order valence-corrected chi connectivity index (χ1v) is 9.64. The summed E-state index contributed by atoms with van der Waals surface area (Å²) in [5.41, 5.74) is 3.25. The molecule has 0 unspecified atom stereocenters. The van der Waals surface area contributed by atoms with E-state index < -0.39 is 18.0 Å². The van der Waals surface area contributed by atoms with Crippen molar-refractivity contribution in [3.8, 4) is 5.69 Å². The van der Waals surface area contributed by atoms with Gasteiger partial charge in [-0.1, -0.05) is 30.3 Å². The minimum absolute atomic E-state index is 0.154.